The number of urea groups is 1. The molecule has 1 saturated heterocycles. The Bertz CT molecular complexity index is 525. The second kappa shape index (κ2) is 7.68. The van der Waals surface area contributed by atoms with Gasteiger partial charge in [-0.15, -0.1) is 0 Å². The molecule has 1 aliphatic rings. The normalized spacial score (nSPS) is 14.6. The van der Waals surface area contributed by atoms with E-state index in [4.69, 9.17) is 4.74 Å². The van der Waals surface area contributed by atoms with Gasteiger partial charge in [0.2, 0.25) is 6.41 Å². The summed E-state index contributed by atoms with van der Waals surface area (Å²) in [6.07, 6.45) is 0.826. The lowest BCUT2D eigenvalue weighted by atomic mass is 10.1. The molecule has 0 aliphatic carbocycles. The van der Waals surface area contributed by atoms with Crippen LogP contribution in [0, 0.1) is 13.8 Å². The number of carbonyl (C=O) groups is 2. The number of rotatable bonds is 5. The number of carbonyl (C=O) groups excluding carboxylic acids is 2. The van der Waals surface area contributed by atoms with Crippen LogP contribution in [0.3, 0.4) is 0 Å². The Morgan fingerprint density at radius 1 is 1.27 bits per heavy atom. The number of nitrogens with one attached hydrogen (secondary N) is 1. The van der Waals surface area contributed by atoms with Crippen molar-refractivity contribution in [2.24, 2.45) is 0 Å². The molecule has 120 valence electrons. The minimum Gasteiger partial charge on any atom is -0.491 e. The summed E-state index contributed by atoms with van der Waals surface area (Å²) in [4.78, 5) is 26.0. The lowest BCUT2D eigenvalue weighted by molar-refractivity contribution is -0.119. The van der Waals surface area contributed by atoms with E-state index >= 15 is 0 Å². The van der Waals surface area contributed by atoms with Gasteiger partial charge >= 0.3 is 6.03 Å². The monoisotopic (exact) mass is 305 g/mol. The number of nitrogens with zero attached hydrogens (tertiary/aromatic N) is 2. The summed E-state index contributed by atoms with van der Waals surface area (Å²) in [6, 6.07) is 5.92. The Hall–Kier alpha value is -2.24. The number of hydrogen-bond acceptors (Lipinski definition) is 3. The van der Waals surface area contributed by atoms with Gasteiger partial charge in [0.1, 0.15) is 12.4 Å². The van der Waals surface area contributed by atoms with Crippen LogP contribution in [0.1, 0.15) is 11.1 Å². The fourth-order valence-corrected chi connectivity index (χ4v) is 2.42. The number of aryl methyl sites for hydroxylation is 2. The first kappa shape index (κ1) is 16.1. The molecule has 6 nitrogen and oxygen atoms in total. The molecule has 1 N–H and O–H groups in total. The van der Waals surface area contributed by atoms with Gasteiger partial charge in [0, 0.05) is 26.2 Å². The summed E-state index contributed by atoms with van der Waals surface area (Å²) in [5, 5.41) is 2.84. The molecule has 0 aromatic heterocycles. The molecule has 2 rings (SSSR count). The molecule has 6 heteroatoms. The van der Waals surface area contributed by atoms with Gasteiger partial charge in [-0.25, -0.2) is 4.79 Å². The third-order valence-electron chi connectivity index (χ3n) is 3.72. The molecule has 0 atom stereocenters. The van der Waals surface area contributed by atoms with Crippen LogP contribution in [-0.4, -0.2) is 61.6 Å². The van der Waals surface area contributed by atoms with Crippen molar-refractivity contribution in [2.75, 3.05) is 39.3 Å². The van der Waals surface area contributed by atoms with Crippen LogP contribution in [-0.2, 0) is 4.79 Å². The van der Waals surface area contributed by atoms with Crippen LogP contribution in [0.4, 0.5) is 4.79 Å². The predicted molar refractivity (Wildman–Crippen MR) is 84.0 cm³/mol. The molecule has 0 bridgehead atoms. The van der Waals surface area contributed by atoms with Crippen LogP contribution in [0.25, 0.3) is 0 Å². The summed E-state index contributed by atoms with van der Waals surface area (Å²) >= 11 is 0. The molecular weight excluding hydrogens is 282 g/mol. The van der Waals surface area contributed by atoms with Crippen LogP contribution < -0.4 is 10.1 Å². The topological polar surface area (TPSA) is 61.9 Å². The molecule has 1 aliphatic heterocycles. The molecule has 0 unspecified atom stereocenters. The summed E-state index contributed by atoms with van der Waals surface area (Å²) in [7, 11) is 0. The highest BCUT2D eigenvalue weighted by atomic mass is 16.5. The Balaban J connectivity index is 1.68. The number of ether oxygens (including phenoxy) is 1. The van der Waals surface area contributed by atoms with Crippen molar-refractivity contribution < 1.29 is 14.3 Å². The summed E-state index contributed by atoms with van der Waals surface area (Å²) in [5.74, 6) is 0.847. The van der Waals surface area contributed by atoms with Gasteiger partial charge in [-0.2, -0.15) is 0 Å². The highest BCUT2D eigenvalue weighted by Gasteiger charge is 2.19. The first-order valence-corrected chi connectivity index (χ1v) is 7.52. The van der Waals surface area contributed by atoms with E-state index in [-0.39, 0.29) is 6.03 Å². The molecule has 22 heavy (non-hydrogen) atoms. The molecule has 0 saturated carbocycles. The number of benzene rings is 1. The second-order valence-corrected chi connectivity index (χ2v) is 5.48. The van der Waals surface area contributed by atoms with E-state index in [9.17, 15) is 9.59 Å². The van der Waals surface area contributed by atoms with Gasteiger partial charge in [0.25, 0.3) is 0 Å². The van der Waals surface area contributed by atoms with Gasteiger partial charge in [-0.1, -0.05) is 17.7 Å². The van der Waals surface area contributed by atoms with Crippen LogP contribution >= 0.6 is 0 Å². The zero-order chi connectivity index (χ0) is 15.9. The highest BCUT2D eigenvalue weighted by Crippen LogP contribution is 2.18. The zero-order valence-electron chi connectivity index (χ0n) is 13.2. The van der Waals surface area contributed by atoms with Gasteiger partial charge < -0.3 is 19.9 Å². The van der Waals surface area contributed by atoms with Gasteiger partial charge in [-0.3, -0.25) is 4.79 Å². The van der Waals surface area contributed by atoms with E-state index in [1.807, 2.05) is 26.0 Å². The molecule has 0 radical (unpaired) electrons. The molecule has 1 heterocycles. The van der Waals surface area contributed by atoms with Gasteiger partial charge in [0.05, 0.1) is 6.54 Å². The fraction of sp³-hybridized carbons (Fsp3) is 0.500. The molecule has 3 amide bonds. The highest BCUT2D eigenvalue weighted by molar-refractivity contribution is 5.74. The maximum atomic E-state index is 12.0. The average Bonchev–Trinajstić information content (AvgIpc) is 2.53. The zero-order valence-corrected chi connectivity index (χ0v) is 13.2. The molecule has 1 aromatic rings. The van der Waals surface area contributed by atoms with Crippen LogP contribution in [0.2, 0.25) is 0 Å². The van der Waals surface area contributed by atoms with Crippen LogP contribution in [0.15, 0.2) is 18.2 Å². The van der Waals surface area contributed by atoms with Gasteiger partial charge in [0.15, 0.2) is 0 Å². The third kappa shape index (κ3) is 4.38. The standard InChI is InChI=1S/C16H23N3O3/c1-13-3-4-15(14(2)11-13)22-10-5-17-16(21)19-8-6-18(12-20)7-9-19/h3-4,11-12H,5-10H2,1-2H3,(H,17,21). The Morgan fingerprint density at radius 2 is 2.00 bits per heavy atom. The van der Waals surface area contributed by atoms with E-state index < -0.39 is 0 Å². The smallest absolute Gasteiger partial charge is 0.317 e. The first-order chi connectivity index (χ1) is 10.6. The predicted octanol–water partition coefficient (Wildman–Crippen LogP) is 1.17. The minimum atomic E-state index is -0.102. The third-order valence-corrected chi connectivity index (χ3v) is 3.72. The summed E-state index contributed by atoms with van der Waals surface area (Å²) < 4.78 is 5.68. The van der Waals surface area contributed by atoms with Crippen molar-refractivity contribution in [3.8, 4) is 5.75 Å². The average molecular weight is 305 g/mol. The Morgan fingerprint density at radius 3 is 2.64 bits per heavy atom. The van der Waals surface area contributed by atoms with Crippen molar-refractivity contribution in [3.63, 3.8) is 0 Å². The minimum absolute atomic E-state index is 0.102. The van der Waals surface area contributed by atoms with Crippen LogP contribution in [0.5, 0.6) is 5.75 Å². The SMILES string of the molecule is Cc1ccc(OCCNC(=O)N2CCN(C=O)CC2)c(C)c1. The van der Waals surface area contributed by atoms with Crippen molar-refractivity contribution in [1.29, 1.82) is 0 Å². The lowest BCUT2D eigenvalue weighted by Crippen LogP contribution is -2.51. The number of hydrogen-bond donors (Lipinski definition) is 1. The molecular formula is C16H23N3O3. The Kier molecular flexibility index (Phi) is 5.63. The van der Waals surface area contributed by atoms with E-state index in [1.165, 1.54) is 5.56 Å². The quantitative estimate of drug-likeness (QED) is 0.656. The molecule has 1 fully saturated rings. The van der Waals surface area contributed by atoms with Gasteiger partial charge in [-0.05, 0) is 25.5 Å². The van der Waals surface area contributed by atoms with E-state index in [0.29, 0.717) is 39.3 Å². The Labute approximate surface area is 131 Å². The lowest BCUT2D eigenvalue weighted by Gasteiger charge is -2.32. The van der Waals surface area contributed by atoms with E-state index in [1.54, 1.807) is 9.80 Å². The van der Waals surface area contributed by atoms with Crippen molar-refractivity contribution >= 4 is 12.4 Å². The van der Waals surface area contributed by atoms with Crippen molar-refractivity contribution in [3.05, 3.63) is 29.3 Å². The molecule has 0 spiro atoms. The molecule has 1 aromatic carbocycles. The maximum Gasteiger partial charge on any atom is 0.317 e. The second-order valence-electron chi connectivity index (χ2n) is 5.48. The summed E-state index contributed by atoms with van der Waals surface area (Å²) in [6.45, 7) is 7.27. The number of amides is 3. The maximum absolute atomic E-state index is 12.0. The largest absolute Gasteiger partial charge is 0.491 e. The van der Waals surface area contributed by atoms with Crippen molar-refractivity contribution in [1.82, 2.24) is 15.1 Å². The van der Waals surface area contributed by atoms with E-state index in [0.717, 1.165) is 17.7 Å². The van der Waals surface area contributed by atoms with Crippen molar-refractivity contribution in [2.45, 2.75) is 13.8 Å². The summed E-state index contributed by atoms with van der Waals surface area (Å²) in [5.41, 5.74) is 2.30. The number of piperazine rings is 1. The first-order valence-electron chi connectivity index (χ1n) is 7.52. The van der Waals surface area contributed by atoms with E-state index in [2.05, 4.69) is 11.4 Å². The fourth-order valence-electron chi connectivity index (χ4n) is 2.42.